The third-order valence-electron chi connectivity index (χ3n) is 2.80. The van der Waals surface area contributed by atoms with E-state index in [-0.39, 0.29) is 24.3 Å². The number of hydrogen-bond acceptors (Lipinski definition) is 6. The lowest BCUT2D eigenvalue weighted by Gasteiger charge is -2.11. The summed E-state index contributed by atoms with van der Waals surface area (Å²) >= 11 is 0. The minimum absolute atomic E-state index is 0.166. The van der Waals surface area contributed by atoms with Gasteiger partial charge in [0.2, 0.25) is 0 Å². The van der Waals surface area contributed by atoms with Gasteiger partial charge in [-0.15, -0.1) is 0 Å². The Morgan fingerprint density at radius 3 is 2.14 bits per heavy atom. The van der Waals surface area contributed by atoms with Gasteiger partial charge in [-0.05, 0) is 35.0 Å². The first-order valence-electron chi connectivity index (χ1n) is 5.89. The summed E-state index contributed by atoms with van der Waals surface area (Å²) in [7, 11) is -9.07. The van der Waals surface area contributed by atoms with Crippen molar-refractivity contribution in [3.05, 3.63) is 30.3 Å². The van der Waals surface area contributed by atoms with Gasteiger partial charge in [0.15, 0.2) is 0 Å². The van der Waals surface area contributed by atoms with Crippen molar-refractivity contribution in [3.63, 3.8) is 0 Å². The van der Waals surface area contributed by atoms with Gasteiger partial charge in [-0.3, -0.25) is 9.11 Å². The summed E-state index contributed by atoms with van der Waals surface area (Å²) < 4.78 is 68.3. The lowest BCUT2D eigenvalue weighted by Crippen LogP contribution is -2.07. The minimum Gasteiger partial charge on any atom is -0.490 e. The van der Waals surface area contributed by atoms with Crippen LogP contribution in [0.5, 0.6) is 5.75 Å². The van der Waals surface area contributed by atoms with Crippen LogP contribution in [0.3, 0.4) is 0 Å². The summed E-state index contributed by atoms with van der Waals surface area (Å²) in [4.78, 5) is -0.980. The lowest BCUT2D eigenvalue weighted by atomic mass is 10.1. The number of aliphatic hydroxyl groups is 1. The molecule has 0 amide bonds. The monoisotopic (exact) mass is 348 g/mol. The number of ether oxygens (including phenoxy) is 1. The summed E-state index contributed by atoms with van der Waals surface area (Å²) in [6.45, 7) is -0.540. The van der Waals surface area contributed by atoms with E-state index in [1.807, 2.05) is 0 Å². The summed E-state index contributed by atoms with van der Waals surface area (Å²) in [6, 6.07) is 5.85. The van der Waals surface area contributed by atoms with Gasteiger partial charge < -0.3 is 9.84 Å². The fraction of sp³-hybridized carbons (Fsp3) is 0.167. The van der Waals surface area contributed by atoms with Gasteiger partial charge in [0.05, 0.1) is 11.5 Å². The quantitative estimate of drug-likeness (QED) is 0.671. The van der Waals surface area contributed by atoms with E-state index < -0.39 is 30.0 Å². The molecule has 2 rings (SSSR count). The molecule has 2 aromatic carbocycles. The van der Waals surface area contributed by atoms with Crippen LogP contribution in [-0.2, 0) is 20.2 Å². The second-order valence-corrected chi connectivity index (χ2v) is 7.14. The molecule has 120 valence electrons. The van der Waals surface area contributed by atoms with Gasteiger partial charge in [0.1, 0.15) is 17.3 Å². The standard InChI is InChI=1S/C12H12O8S2/c13-3-4-20-11-6-8-1-2-10(21(14,15)16)5-9(8)7-12(11)22(17,18)19/h1-2,5-7,13H,3-4H2,(H,14,15,16)(H,17,18,19). The van der Waals surface area contributed by atoms with Crippen molar-refractivity contribution >= 4 is 31.0 Å². The number of aliphatic hydroxyl groups excluding tert-OH is 1. The highest BCUT2D eigenvalue weighted by atomic mass is 32.2. The van der Waals surface area contributed by atoms with E-state index in [4.69, 9.17) is 14.4 Å². The second-order valence-electron chi connectivity index (χ2n) is 4.33. The van der Waals surface area contributed by atoms with Crippen LogP contribution in [0.4, 0.5) is 0 Å². The second kappa shape index (κ2) is 5.82. The van der Waals surface area contributed by atoms with Crippen LogP contribution >= 0.6 is 0 Å². The summed E-state index contributed by atoms with van der Waals surface area (Å²) in [5.74, 6) is -0.177. The SMILES string of the molecule is O=S(=O)(O)c1ccc2cc(OCCO)c(S(=O)(=O)O)cc2c1. The maximum Gasteiger partial charge on any atom is 0.298 e. The van der Waals surface area contributed by atoms with Crippen LogP contribution in [0.2, 0.25) is 0 Å². The Hall–Kier alpha value is -1.72. The molecule has 0 radical (unpaired) electrons. The normalized spacial score (nSPS) is 12.5. The van der Waals surface area contributed by atoms with Gasteiger partial charge in [-0.25, -0.2) is 0 Å². The summed E-state index contributed by atoms with van der Waals surface area (Å²) in [5, 5.41) is 9.32. The topological polar surface area (TPSA) is 138 Å². The third-order valence-corrected chi connectivity index (χ3v) is 4.52. The van der Waals surface area contributed by atoms with E-state index in [1.165, 1.54) is 12.1 Å². The Morgan fingerprint density at radius 2 is 1.59 bits per heavy atom. The van der Waals surface area contributed by atoms with Crippen molar-refractivity contribution in [2.24, 2.45) is 0 Å². The molecule has 8 nitrogen and oxygen atoms in total. The van der Waals surface area contributed by atoms with E-state index in [0.29, 0.717) is 5.39 Å². The summed E-state index contributed by atoms with van der Waals surface area (Å²) in [6.07, 6.45) is 0. The predicted octanol–water partition coefficient (Wildman–Crippen LogP) is 0.704. The van der Waals surface area contributed by atoms with Crippen LogP contribution in [0.25, 0.3) is 10.8 Å². The Kier molecular flexibility index (Phi) is 4.40. The number of fused-ring (bicyclic) bond motifs is 1. The van der Waals surface area contributed by atoms with Crippen LogP contribution in [0.1, 0.15) is 0 Å². The Balaban J connectivity index is 2.72. The van der Waals surface area contributed by atoms with E-state index >= 15 is 0 Å². The Labute approximate surface area is 126 Å². The molecule has 0 aliphatic rings. The van der Waals surface area contributed by atoms with Gasteiger partial charge in [-0.1, -0.05) is 6.07 Å². The van der Waals surface area contributed by atoms with Crippen LogP contribution < -0.4 is 4.74 Å². The molecule has 3 N–H and O–H groups in total. The fourth-order valence-corrected chi connectivity index (χ4v) is 3.03. The number of rotatable bonds is 5. The lowest BCUT2D eigenvalue weighted by molar-refractivity contribution is 0.198. The van der Waals surface area contributed by atoms with Gasteiger partial charge >= 0.3 is 0 Å². The van der Waals surface area contributed by atoms with E-state index in [0.717, 1.165) is 18.2 Å². The molecule has 0 fully saturated rings. The molecule has 0 bridgehead atoms. The molecule has 0 saturated carbocycles. The van der Waals surface area contributed by atoms with Crippen molar-refractivity contribution < 1.29 is 35.8 Å². The first-order valence-corrected chi connectivity index (χ1v) is 8.77. The number of hydrogen-bond donors (Lipinski definition) is 3. The zero-order valence-corrected chi connectivity index (χ0v) is 12.6. The number of benzene rings is 2. The molecule has 0 aromatic heterocycles. The van der Waals surface area contributed by atoms with Gasteiger partial charge in [0, 0.05) is 0 Å². The molecule has 0 heterocycles. The highest BCUT2D eigenvalue weighted by molar-refractivity contribution is 7.86. The van der Waals surface area contributed by atoms with Gasteiger partial charge in [-0.2, -0.15) is 16.8 Å². The summed E-state index contributed by atoms with van der Waals surface area (Å²) in [5.41, 5.74) is 0. The maximum absolute atomic E-state index is 11.4. The smallest absolute Gasteiger partial charge is 0.298 e. The van der Waals surface area contributed by atoms with E-state index in [1.54, 1.807) is 0 Å². The van der Waals surface area contributed by atoms with Crippen LogP contribution in [-0.4, -0.2) is 44.3 Å². The Morgan fingerprint density at radius 1 is 0.909 bits per heavy atom. The zero-order chi connectivity index (χ0) is 16.5. The zero-order valence-electron chi connectivity index (χ0n) is 11.0. The Bertz CT molecular complexity index is 916. The molecule has 0 atom stereocenters. The minimum atomic E-state index is -4.62. The highest BCUT2D eigenvalue weighted by Crippen LogP contribution is 2.31. The van der Waals surface area contributed by atoms with Crippen LogP contribution in [0.15, 0.2) is 40.1 Å². The molecular weight excluding hydrogens is 336 g/mol. The van der Waals surface area contributed by atoms with Crippen LogP contribution in [0, 0.1) is 0 Å². The molecule has 0 saturated heterocycles. The average molecular weight is 348 g/mol. The van der Waals surface area contributed by atoms with E-state index in [2.05, 4.69) is 0 Å². The highest BCUT2D eigenvalue weighted by Gasteiger charge is 2.19. The predicted molar refractivity (Wildman–Crippen MR) is 76.2 cm³/mol. The van der Waals surface area contributed by atoms with E-state index in [9.17, 15) is 21.4 Å². The molecule has 0 aliphatic heterocycles. The van der Waals surface area contributed by atoms with Gasteiger partial charge in [0.25, 0.3) is 20.2 Å². The molecule has 0 spiro atoms. The molecular formula is C12H12O8S2. The van der Waals surface area contributed by atoms with Crippen molar-refractivity contribution in [1.82, 2.24) is 0 Å². The molecule has 0 aliphatic carbocycles. The fourth-order valence-electron chi connectivity index (χ4n) is 1.86. The van der Waals surface area contributed by atoms with Crippen molar-refractivity contribution in [2.75, 3.05) is 13.2 Å². The largest absolute Gasteiger partial charge is 0.490 e. The van der Waals surface area contributed by atoms with Crippen molar-refractivity contribution in [1.29, 1.82) is 0 Å². The first kappa shape index (κ1) is 16.6. The average Bonchev–Trinajstić information content (AvgIpc) is 2.41. The molecule has 22 heavy (non-hydrogen) atoms. The third kappa shape index (κ3) is 3.54. The maximum atomic E-state index is 11.4. The molecule has 10 heteroatoms. The van der Waals surface area contributed by atoms with Crippen molar-refractivity contribution in [2.45, 2.75) is 9.79 Å². The molecule has 2 aromatic rings. The molecule has 0 unspecified atom stereocenters. The van der Waals surface area contributed by atoms with Crippen molar-refractivity contribution in [3.8, 4) is 5.75 Å². The first-order chi connectivity index (χ1) is 10.1.